The van der Waals surface area contributed by atoms with Crippen LogP contribution in [0.25, 0.3) is 0 Å². The molecule has 4 rings (SSSR count). The molecule has 3 atom stereocenters. The van der Waals surface area contributed by atoms with E-state index in [1.165, 1.54) is 17.7 Å². The van der Waals surface area contributed by atoms with Crippen molar-refractivity contribution in [2.75, 3.05) is 33.9 Å². The van der Waals surface area contributed by atoms with E-state index in [0.717, 1.165) is 51.7 Å². The quantitative estimate of drug-likeness (QED) is 0.596. The fourth-order valence-corrected chi connectivity index (χ4v) is 5.32. The van der Waals surface area contributed by atoms with Gasteiger partial charge in [0, 0.05) is 32.3 Å². The van der Waals surface area contributed by atoms with Gasteiger partial charge in [-0.3, -0.25) is 4.79 Å². The first-order chi connectivity index (χ1) is 16.0. The minimum Gasteiger partial charge on any atom is -0.484 e. The highest BCUT2D eigenvalue weighted by Crippen LogP contribution is 2.42. The fourth-order valence-electron chi connectivity index (χ4n) is 5.32. The van der Waals surface area contributed by atoms with Crippen molar-refractivity contribution in [3.63, 3.8) is 0 Å². The summed E-state index contributed by atoms with van der Waals surface area (Å²) in [5.74, 6) is 0.114. The summed E-state index contributed by atoms with van der Waals surface area (Å²) in [4.78, 5) is 17.3. The summed E-state index contributed by atoms with van der Waals surface area (Å²) in [6.07, 6.45) is 6.04. The molecule has 6 heteroatoms. The highest BCUT2D eigenvalue weighted by atomic mass is 19.1. The summed E-state index contributed by atoms with van der Waals surface area (Å²) >= 11 is 0. The van der Waals surface area contributed by atoms with E-state index < -0.39 is 0 Å². The molecule has 5 nitrogen and oxygen atoms in total. The Bertz CT molecular complexity index is 899. The number of ether oxygens (including phenoxy) is 2. The number of hydrogen-bond donors (Lipinski definition) is 0. The van der Waals surface area contributed by atoms with Gasteiger partial charge in [0.1, 0.15) is 11.6 Å². The van der Waals surface area contributed by atoms with Gasteiger partial charge in [0.15, 0.2) is 6.61 Å². The van der Waals surface area contributed by atoms with E-state index in [-0.39, 0.29) is 36.0 Å². The van der Waals surface area contributed by atoms with Gasteiger partial charge < -0.3 is 19.3 Å². The van der Waals surface area contributed by atoms with Crippen molar-refractivity contribution in [3.8, 4) is 5.75 Å². The third-order valence-electron chi connectivity index (χ3n) is 7.33. The molecular formula is C27H35FN2O3. The fraction of sp³-hybridized carbons (Fsp3) is 0.519. The Morgan fingerprint density at radius 2 is 1.85 bits per heavy atom. The van der Waals surface area contributed by atoms with Crippen LogP contribution in [0.3, 0.4) is 0 Å². The SMILES string of the molecule is CN(CCc1ccccc1)[C@@H]1C[C@]2(CCCO2)CC[C@H]1N(C)C(=O)COc1ccc(F)cc1. The van der Waals surface area contributed by atoms with Crippen molar-refractivity contribution in [3.05, 3.63) is 66.0 Å². The molecule has 33 heavy (non-hydrogen) atoms. The average Bonchev–Trinajstić information content (AvgIpc) is 3.29. The standard InChI is InChI=1S/C27H35FN2O3/c1-29(17-14-21-7-4-3-5-8-21)25-19-27(15-6-18-33-27)16-13-24(25)30(2)26(31)20-32-23-11-9-22(28)10-12-23/h3-5,7-12,24-25H,6,13-20H2,1-2H3/t24-,25-,27+/m1/s1. The van der Waals surface area contributed by atoms with Gasteiger partial charge in [-0.15, -0.1) is 0 Å². The summed E-state index contributed by atoms with van der Waals surface area (Å²) in [5, 5.41) is 0. The number of rotatable bonds is 8. The largest absolute Gasteiger partial charge is 0.484 e. The molecule has 178 valence electrons. The van der Waals surface area contributed by atoms with E-state index in [9.17, 15) is 9.18 Å². The molecule has 1 amide bonds. The summed E-state index contributed by atoms with van der Waals surface area (Å²) in [6, 6.07) is 16.6. The van der Waals surface area contributed by atoms with Gasteiger partial charge in [-0.25, -0.2) is 4.39 Å². The van der Waals surface area contributed by atoms with Gasteiger partial charge in [-0.05, 0) is 75.4 Å². The Morgan fingerprint density at radius 3 is 2.55 bits per heavy atom. The Morgan fingerprint density at radius 1 is 1.09 bits per heavy atom. The van der Waals surface area contributed by atoms with Gasteiger partial charge in [-0.2, -0.15) is 0 Å². The minimum absolute atomic E-state index is 0.0450. The van der Waals surface area contributed by atoms with Crippen LogP contribution in [0.1, 0.15) is 37.7 Å². The topological polar surface area (TPSA) is 42.0 Å². The molecule has 1 spiro atoms. The number of benzene rings is 2. The molecule has 0 N–H and O–H groups in total. The van der Waals surface area contributed by atoms with Crippen LogP contribution >= 0.6 is 0 Å². The van der Waals surface area contributed by atoms with Gasteiger partial charge in [0.05, 0.1) is 5.60 Å². The van der Waals surface area contributed by atoms with Crippen LogP contribution in [-0.4, -0.2) is 67.2 Å². The van der Waals surface area contributed by atoms with E-state index in [0.29, 0.717) is 5.75 Å². The zero-order valence-electron chi connectivity index (χ0n) is 19.7. The number of amides is 1. The van der Waals surface area contributed by atoms with Crippen LogP contribution in [-0.2, 0) is 16.0 Å². The minimum atomic E-state index is -0.322. The zero-order valence-corrected chi connectivity index (χ0v) is 19.7. The smallest absolute Gasteiger partial charge is 0.260 e. The maximum absolute atomic E-state index is 13.1. The second-order valence-corrected chi connectivity index (χ2v) is 9.48. The van der Waals surface area contributed by atoms with Gasteiger partial charge >= 0.3 is 0 Å². The van der Waals surface area contributed by atoms with Gasteiger partial charge in [0.2, 0.25) is 0 Å². The molecule has 2 aromatic carbocycles. The lowest BCUT2D eigenvalue weighted by Crippen LogP contribution is -2.58. The van der Waals surface area contributed by atoms with E-state index in [4.69, 9.17) is 9.47 Å². The van der Waals surface area contributed by atoms with Gasteiger partial charge in [-0.1, -0.05) is 30.3 Å². The first kappa shape index (κ1) is 23.7. The van der Waals surface area contributed by atoms with Gasteiger partial charge in [0.25, 0.3) is 5.91 Å². The summed E-state index contributed by atoms with van der Waals surface area (Å²) in [6.45, 7) is 1.71. The molecule has 0 aromatic heterocycles. The molecule has 1 saturated heterocycles. The monoisotopic (exact) mass is 454 g/mol. The predicted octanol–water partition coefficient (Wildman–Crippen LogP) is 4.31. The number of likely N-dealkylation sites (N-methyl/N-ethyl adjacent to an activating group) is 2. The molecule has 2 aromatic rings. The summed E-state index contributed by atoms with van der Waals surface area (Å²) in [7, 11) is 4.05. The zero-order chi connectivity index (χ0) is 23.3. The lowest BCUT2D eigenvalue weighted by atomic mass is 9.76. The number of nitrogens with zero attached hydrogens (tertiary/aromatic N) is 2. The number of hydrogen-bond acceptors (Lipinski definition) is 4. The Kier molecular flexibility index (Phi) is 7.66. The molecule has 1 saturated carbocycles. The number of carbonyl (C=O) groups is 1. The van der Waals surface area contributed by atoms with E-state index >= 15 is 0 Å². The highest BCUT2D eigenvalue weighted by molar-refractivity contribution is 5.78. The first-order valence-electron chi connectivity index (χ1n) is 12.0. The van der Waals surface area contributed by atoms with Crippen LogP contribution in [0.4, 0.5) is 4.39 Å². The molecule has 0 bridgehead atoms. The van der Waals surface area contributed by atoms with Crippen molar-refractivity contribution >= 4 is 5.91 Å². The van der Waals surface area contributed by atoms with E-state index in [2.05, 4.69) is 36.2 Å². The third kappa shape index (κ3) is 5.92. The van der Waals surface area contributed by atoms with Crippen molar-refractivity contribution < 1.29 is 18.7 Å². The number of halogens is 1. The second kappa shape index (κ2) is 10.7. The summed E-state index contributed by atoms with van der Waals surface area (Å²) < 4.78 is 25.0. The average molecular weight is 455 g/mol. The maximum atomic E-state index is 13.1. The molecule has 1 heterocycles. The number of carbonyl (C=O) groups excluding carboxylic acids is 1. The van der Waals surface area contributed by atoms with Crippen molar-refractivity contribution in [2.45, 2.75) is 56.2 Å². The molecular weight excluding hydrogens is 419 g/mol. The van der Waals surface area contributed by atoms with Crippen LogP contribution in [0.15, 0.2) is 54.6 Å². The van der Waals surface area contributed by atoms with Crippen molar-refractivity contribution in [2.24, 2.45) is 0 Å². The lowest BCUT2D eigenvalue weighted by molar-refractivity contribution is -0.139. The van der Waals surface area contributed by atoms with Crippen LogP contribution < -0.4 is 4.74 Å². The molecule has 0 radical (unpaired) electrons. The summed E-state index contributed by atoms with van der Waals surface area (Å²) in [5.41, 5.74) is 1.28. The van der Waals surface area contributed by atoms with Crippen molar-refractivity contribution in [1.82, 2.24) is 9.80 Å². The Labute approximate surface area is 196 Å². The predicted molar refractivity (Wildman–Crippen MR) is 127 cm³/mol. The Balaban J connectivity index is 1.41. The Hall–Kier alpha value is -2.44. The van der Waals surface area contributed by atoms with Crippen LogP contribution in [0, 0.1) is 5.82 Å². The second-order valence-electron chi connectivity index (χ2n) is 9.48. The van der Waals surface area contributed by atoms with Crippen LogP contribution in [0.2, 0.25) is 0 Å². The lowest BCUT2D eigenvalue weighted by Gasteiger charge is -2.48. The molecule has 0 unspecified atom stereocenters. The molecule has 2 fully saturated rings. The molecule has 1 aliphatic carbocycles. The van der Waals surface area contributed by atoms with E-state index in [1.54, 1.807) is 12.1 Å². The molecule has 1 aliphatic heterocycles. The normalized spacial score (nSPS) is 24.8. The third-order valence-corrected chi connectivity index (χ3v) is 7.33. The maximum Gasteiger partial charge on any atom is 0.260 e. The molecule has 2 aliphatic rings. The van der Waals surface area contributed by atoms with Crippen LogP contribution in [0.5, 0.6) is 5.75 Å². The first-order valence-corrected chi connectivity index (χ1v) is 12.0. The van der Waals surface area contributed by atoms with Crippen molar-refractivity contribution in [1.29, 1.82) is 0 Å². The van der Waals surface area contributed by atoms with E-state index in [1.807, 2.05) is 18.0 Å². The highest BCUT2D eigenvalue weighted by Gasteiger charge is 2.46.